The fourth-order valence-corrected chi connectivity index (χ4v) is 5.39. The Kier molecular flexibility index (Phi) is 5.80. The van der Waals surface area contributed by atoms with Gasteiger partial charge in [-0.1, -0.05) is 30.3 Å². The van der Waals surface area contributed by atoms with Gasteiger partial charge in [0.2, 0.25) is 15.9 Å². The second-order valence-corrected chi connectivity index (χ2v) is 9.17. The molecule has 1 N–H and O–H groups in total. The quantitative estimate of drug-likeness (QED) is 0.812. The molecule has 1 aromatic carbocycles. The summed E-state index contributed by atoms with van der Waals surface area (Å²) in [4.78, 5) is 14.1. The van der Waals surface area contributed by atoms with Gasteiger partial charge >= 0.3 is 0 Å². The van der Waals surface area contributed by atoms with Crippen molar-refractivity contribution < 1.29 is 13.2 Å². The summed E-state index contributed by atoms with van der Waals surface area (Å²) in [5.41, 5.74) is 1.03. The highest BCUT2D eigenvalue weighted by Crippen LogP contribution is 2.15. The molecule has 132 valence electrons. The molecule has 0 aliphatic carbocycles. The van der Waals surface area contributed by atoms with Gasteiger partial charge in [-0.25, -0.2) is 8.42 Å². The Bertz CT molecular complexity index is 652. The zero-order valence-electron chi connectivity index (χ0n) is 13.6. The number of sulfonamides is 1. The molecular formula is C16H23N3O3S2. The Morgan fingerprint density at radius 2 is 1.88 bits per heavy atom. The van der Waals surface area contributed by atoms with E-state index in [2.05, 4.69) is 5.32 Å². The summed E-state index contributed by atoms with van der Waals surface area (Å²) < 4.78 is 26.5. The Hall–Kier alpha value is -1.09. The van der Waals surface area contributed by atoms with Crippen LogP contribution in [0, 0.1) is 0 Å². The molecule has 24 heavy (non-hydrogen) atoms. The molecular weight excluding hydrogens is 346 g/mol. The number of aryl methyl sites for hydroxylation is 1. The summed E-state index contributed by atoms with van der Waals surface area (Å²) >= 11 is 1.72. The number of carbonyl (C=O) groups excluding carboxylic acids is 1. The number of amides is 1. The molecule has 1 aromatic rings. The van der Waals surface area contributed by atoms with Crippen molar-refractivity contribution in [2.75, 3.05) is 43.6 Å². The number of rotatable bonds is 5. The van der Waals surface area contributed by atoms with Crippen LogP contribution in [0.25, 0.3) is 0 Å². The van der Waals surface area contributed by atoms with Crippen molar-refractivity contribution in [1.82, 2.24) is 14.5 Å². The number of nitrogens with zero attached hydrogens (tertiary/aromatic N) is 2. The SMILES string of the molecule is O=C(C1CSCN1)N1CCN(S(=O)(=O)CCc2ccccc2)CC1. The summed E-state index contributed by atoms with van der Waals surface area (Å²) in [7, 11) is -3.27. The third-order valence-electron chi connectivity index (χ3n) is 4.45. The first kappa shape index (κ1) is 17.7. The van der Waals surface area contributed by atoms with Crippen LogP contribution in [0.1, 0.15) is 5.56 Å². The van der Waals surface area contributed by atoms with Gasteiger partial charge in [-0.2, -0.15) is 4.31 Å². The maximum atomic E-state index is 12.5. The lowest BCUT2D eigenvalue weighted by Crippen LogP contribution is -2.55. The van der Waals surface area contributed by atoms with Crippen molar-refractivity contribution in [3.63, 3.8) is 0 Å². The minimum absolute atomic E-state index is 0.0985. The maximum Gasteiger partial charge on any atom is 0.240 e. The molecule has 3 rings (SSSR count). The molecule has 8 heteroatoms. The third kappa shape index (κ3) is 4.30. The average Bonchev–Trinajstić information content (AvgIpc) is 3.15. The van der Waals surface area contributed by atoms with Crippen LogP contribution >= 0.6 is 11.8 Å². The van der Waals surface area contributed by atoms with Crippen LogP contribution in [0.15, 0.2) is 30.3 Å². The number of thioether (sulfide) groups is 1. The van der Waals surface area contributed by atoms with Crippen molar-refractivity contribution in [3.05, 3.63) is 35.9 Å². The van der Waals surface area contributed by atoms with Crippen LogP contribution in [0.4, 0.5) is 0 Å². The van der Waals surface area contributed by atoms with E-state index in [1.165, 1.54) is 4.31 Å². The van der Waals surface area contributed by atoms with E-state index in [4.69, 9.17) is 0 Å². The maximum absolute atomic E-state index is 12.5. The number of hydrogen-bond acceptors (Lipinski definition) is 5. The number of carbonyl (C=O) groups is 1. The van der Waals surface area contributed by atoms with Gasteiger partial charge in [-0.05, 0) is 12.0 Å². The molecule has 1 unspecified atom stereocenters. The molecule has 0 spiro atoms. The van der Waals surface area contributed by atoms with Gasteiger partial charge in [-0.3, -0.25) is 10.1 Å². The van der Waals surface area contributed by atoms with Crippen molar-refractivity contribution in [2.45, 2.75) is 12.5 Å². The fourth-order valence-electron chi connectivity index (χ4n) is 2.98. The first-order valence-corrected chi connectivity index (χ1v) is 10.9. The van der Waals surface area contributed by atoms with E-state index < -0.39 is 10.0 Å². The molecule has 6 nitrogen and oxygen atoms in total. The number of hydrogen-bond donors (Lipinski definition) is 1. The standard InChI is InChI=1S/C16H23N3O3S2/c20-16(15-12-23-13-17-15)18-7-9-19(10-8-18)24(21,22)11-6-14-4-2-1-3-5-14/h1-5,15,17H,6-13H2. The van der Waals surface area contributed by atoms with Gasteiger partial charge in [0.15, 0.2) is 0 Å². The summed E-state index contributed by atoms with van der Waals surface area (Å²) in [5.74, 6) is 1.83. The monoisotopic (exact) mass is 369 g/mol. The predicted octanol–water partition coefficient (Wildman–Crippen LogP) is 0.366. The van der Waals surface area contributed by atoms with Crippen molar-refractivity contribution in [1.29, 1.82) is 0 Å². The van der Waals surface area contributed by atoms with Gasteiger partial charge in [0, 0.05) is 37.8 Å². The summed E-state index contributed by atoms with van der Waals surface area (Å²) in [5, 5.41) is 3.17. The second kappa shape index (κ2) is 7.86. The minimum atomic E-state index is -3.27. The zero-order chi connectivity index (χ0) is 17.0. The molecule has 0 radical (unpaired) electrons. The van der Waals surface area contributed by atoms with Crippen molar-refractivity contribution in [3.8, 4) is 0 Å². The molecule has 2 aliphatic rings. The molecule has 0 aromatic heterocycles. The largest absolute Gasteiger partial charge is 0.339 e. The van der Waals surface area contributed by atoms with Crippen molar-refractivity contribution >= 4 is 27.7 Å². The van der Waals surface area contributed by atoms with Gasteiger partial charge in [-0.15, -0.1) is 11.8 Å². The van der Waals surface area contributed by atoms with Gasteiger partial charge < -0.3 is 4.90 Å². The van der Waals surface area contributed by atoms with E-state index >= 15 is 0 Å². The van der Waals surface area contributed by atoms with Gasteiger partial charge in [0.1, 0.15) is 0 Å². The first-order valence-electron chi connectivity index (χ1n) is 8.18. The van der Waals surface area contributed by atoms with Gasteiger partial charge in [0.25, 0.3) is 0 Å². The van der Waals surface area contributed by atoms with E-state index in [1.807, 2.05) is 30.3 Å². The Balaban J connectivity index is 1.50. The molecule has 2 heterocycles. The Morgan fingerprint density at radius 1 is 1.17 bits per heavy atom. The van der Waals surface area contributed by atoms with Crippen molar-refractivity contribution in [2.24, 2.45) is 0 Å². The Morgan fingerprint density at radius 3 is 2.50 bits per heavy atom. The van der Waals surface area contributed by atoms with Crippen LogP contribution in [-0.4, -0.2) is 73.1 Å². The highest BCUT2D eigenvalue weighted by molar-refractivity contribution is 7.99. The highest BCUT2D eigenvalue weighted by atomic mass is 32.2. The van der Waals surface area contributed by atoms with Crippen LogP contribution < -0.4 is 5.32 Å². The number of nitrogens with one attached hydrogen (secondary N) is 1. The van der Waals surface area contributed by atoms with Crippen LogP contribution in [0.2, 0.25) is 0 Å². The summed E-state index contributed by atoms with van der Waals surface area (Å²) in [6.45, 7) is 1.74. The lowest BCUT2D eigenvalue weighted by molar-refractivity contribution is -0.133. The van der Waals surface area contributed by atoms with Gasteiger partial charge in [0.05, 0.1) is 11.8 Å². The second-order valence-electron chi connectivity index (χ2n) is 6.05. The third-order valence-corrected chi connectivity index (χ3v) is 7.26. The van der Waals surface area contributed by atoms with E-state index in [0.717, 1.165) is 17.2 Å². The zero-order valence-corrected chi connectivity index (χ0v) is 15.2. The highest BCUT2D eigenvalue weighted by Gasteiger charge is 2.32. The molecule has 1 amide bonds. The number of benzene rings is 1. The molecule has 2 saturated heterocycles. The molecule has 0 saturated carbocycles. The van der Waals surface area contributed by atoms with E-state index in [1.54, 1.807) is 16.7 Å². The smallest absolute Gasteiger partial charge is 0.240 e. The average molecular weight is 370 g/mol. The van der Waals surface area contributed by atoms with E-state index in [-0.39, 0.29) is 17.7 Å². The lowest BCUT2D eigenvalue weighted by atomic mass is 10.2. The van der Waals surface area contributed by atoms with Crippen LogP contribution in [0.5, 0.6) is 0 Å². The number of piperazine rings is 1. The lowest BCUT2D eigenvalue weighted by Gasteiger charge is -2.35. The molecule has 0 bridgehead atoms. The summed E-state index contributed by atoms with van der Waals surface area (Å²) in [6, 6.07) is 9.53. The Labute approximate surface area is 147 Å². The van der Waals surface area contributed by atoms with E-state index in [0.29, 0.717) is 32.6 Å². The molecule has 2 fully saturated rings. The molecule has 1 atom stereocenters. The van der Waals surface area contributed by atoms with E-state index in [9.17, 15) is 13.2 Å². The minimum Gasteiger partial charge on any atom is -0.339 e. The summed E-state index contributed by atoms with van der Waals surface area (Å²) in [6.07, 6.45) is 0.519. The fraction of sp³-hybridized carbons (Fsp3) is 0.562. The normalized spacial score (nSPS) is 22.7. The first-order chi connectivity index (χ1) is 11.6. The predicted molar refractivity (Wildman–Crippen MR) is 96.3 cm³/mol. The molecule has 2 aliphatic heterocycles. The van der Waals surface area contributed by atoms with Crippen LogP contribution in [-0.2, 0) is 21.2 Å². The van der Waals surface area contributed by atoms with Crippen LogP contribution in [0.3, 0.4) is 0 Å². The topological polar surface area (TPSA) is 69.7 Å².